The molecule has 0 bridgehead atoms. The molecule has 0 aromatic heterocycles. The molecule has 0 radical (unpaired) electrons. The van der Waals surface area contributed by atoms with E-state index in [2.05, 4.69) is 23.9 Å². The summed E-state index contributed by atoms with van der Waals surface area (Å²) in [7, 11) is -3.66. The molecule has 2 aliphatic carbocycles. The van der Waals surface area contributed by atoms with E-state index in [1.54, 1.807) is 24.3 Å². The highest BCUT2D eigenvalue weighted by atomic mass is 32.2. The van der Waals surface area contributed by atoms with Crippen LogP contribution in [0.1, 0.15) is 82.3 Å². The number of sulfonamides is 1. The van der Waals surface area contributed by atoms with Gasteiger partial charge >= 0.3 is 0 Å². The van der Waals surface area contributed by atoms with Gasteiger partial charge in [0.15, 0.2) is 0 Å². The lowest BCUT2D eigenvalue weighted by molar-refractivity contribution is -0.124. The number of carbonyl (C=O) groups is 1. The van der Waals surface area contributed by atoms with Crippen LogP contribution in [-0.2, 0) is 20.2 Å². The molecule has 4 rings (SSSR count). The zero-order valence-electron chi connectivity index (χ0n) is 19.1. The van der Waals surface area contributed by atoms with Gasteiger partial charge in [-0.1, -0.05) is 63.8 Å². The van der Waals surface area contributed by atoms with Crippen molar-refractivity contribution in [1.29, 1.82) is 0 Å². The van der Waals surface area contributed by atoms with Gasteiger partial charge in [-0.2, -0.15) is 0 Å². The van der Waals surface area contributed by atoms with Crippen molar-refractivity contribution in [2.75, 3.05) is 4.72 Å². The van der Waals surface area contributed by atoms with Crippen molar-refractivity contribution in [3.8, 4) is 0 Å². The fourth-order valence-electron chi connectivity index (χ4n) is 4.62. The van der Waals surface area contributed by atoms with E-state index >= 15 is 0 Å². The van der Waals surface area contributed by atoms with Crippen LogP contribution in [0.25, 0.3) is 0 Å². The van der Waals surface area contributed by atoms with Crippen molar-refractivity contribution < 1.29 is 13.2 Å². The predicted octanol–water partition coefficient (Wildman–Crippen LogP) is 5.48. The van der Waals surface area contributed by atoms with E-state index in [9.17, 15) is 13.2 Å². The first-order chi connectivity index (χ1) is 15.3. The monoisotopic (exact) mass is 454 g/mol. The number of hydrogen-bond acceptors (Lipinski definition) is 3. The summed E-state index contributed by atoms with van der Waals surface area (Å²) in [5, 5.41) is 3.30. The summed E-state index contributed by atoms with van der Waals surface area (Å²) in [5.41, 5.74) is 2.12. The zero-order chi connectivity index (χ0) is 22.8. The molecule has 2 aromatic carbocycles. The van der Waals surface area contributed by atoms with Gasteiger partial charge in [-0.05, 0) is 67.0 Å². The summed E-state index contributed by atoms with van der Waals surface area (Å²) < 4.78 is 28.2. The number of benzene rings is 2. The molecule has 2 fully saturated rings. The van der Waals surface area contributed by atoms with E-state index in [-0.39, 0.29) is 16.8 Å². The summed E-state index contributed by atoms with van der Waals surface area (Å²) in [6.07, 6.45) is 8.73. The average Bonchev–Trinajstić information content (AvgIpc) is 3.60. The Morgan fingerprint density at radius 3 is 2.03 bits per heavy atom. The molecule has 2 aliphatic rings. The Labute approximate surface area is 192 Å². The molecule has 6 heteroatoms. The SMILES string of the molecule is CC(C)c1ccc(S(=O)(=O)Nc2ccc(C3(C(=O)NC4CCCCCC4)CC3)cc2)cc1. The van der Waals surface area contributed by atoms with Crippen molar-refractivity contribution in [2.24, 2.45) is 0 Å². The van der Waals surface area contributed by atoms with Crippen LogP contribution in [-0.4, -0.2) is 20.4 Å². The molecular formula is C26H34N2O3S. The number of rotatable bonds is 7. The first-order valence-corrected chi connectivity index (χ1v) is 13.3. The molecule has 2 aromatic rings. The minimum absolute atomic E-state index is 0.128. The van der Waals surface area contributed by atoms with E-state index in [0.717, 1.165) is 36.8 Å². The lowest BCUT2D eigenvalue weighted by Crippen LogP contribution is -2.41. The smallest absolute Gasteiger partial charge is 0.261 e. The lowest BCUT2D eigenvalue weighted by Gasteiger charge is -2.22. The Kier molecular flexibility index (Phi) is 6.61. The molecule has 2 N–H and O–H groups in total. The summed E-state index contributed by atoms with van der Waals surface area (Å²) >= 11 is 0. The van der Waals surface area contributed by atoms with E-state index in [1.807, 2.05) is 24.3 Å². The fraction of sp³-hybridized carbons (Fsp3) is 0.500. The Balaban J connectivity index is 1.42. The highest BCUT2D eigenvalue weighted by molar-refractivity contribution is 7.92. The Bertz CT molecular complexity index is 1030. The summed E-state index contributed by atoms with van der Waals surface area (Å²) in [5.74, 6) is 0.477. The molecule has 0 saturated heterocycles. The van der Waals surface area contributed by atoms with Crippen molar-refractivity contribution in [3.05, 3.63) is 59.7 Å². The quantitative estimate of drug-likeness (QED) is 0.544. The molecule has 0 spiro atoms. The van der Waals surface area contributed by atoms with Gasteiger partial charge < -0.3 is 5.32 Å². The predicted molar refractivity (Wildman–Crippen MR) is 128 cm³/mol. The van der Waals surface area contributed by atoms with Crippen LogP contribution in [0.15, 0.2) is 53.4 Å². The largest absolute Gasteiger partial charge is 0.353 e. The minimum atomic E-state index is -3.66. The molecular weight excluding hydrogens is 420 g/mol. The molecule has 0 aliphatic heterocycles. The maximum Gasteiger partial charge on any atom is 0.261 e. The molecule has 0 unspecified atom stereocenters. The van der Waals surface area contributed by atoms with Crippen molar-refractivity contribution in [2.45, 2.75) is 87.5 Å². The van der Waals surface area contributed by atoms with Gasteiger partial charge in [0.25, 0.3) is 10.0 Å². The molecule has 1 amide bonds. The van der Waals surface area contributed by atoms with Crippen LogP contribution in [0.2, 0.25) is 0 Å². The first kappa shape index (κ1) is 22.8. The van der Waals surface area contributed by atoms with Crippen LogP contribution in [0.5, 0.6) is 0 Å². The maximum absolute atomic E-state index is 13.1. The standard InChI is InChI=1S/C26H34N2O3S/c1-19(2)20-9-15-24(16-10-20)32(30,31)28-23-13-11-21(12-14-23)26(17-18-26)25(29)27-22-7-5-3-4-6-8-22/h9-16,19,22,28H,3-8,17-18H2,1-2H3,(H,27,29). The molecule has 0 atom stereocenters. The second-order valence-electron chi connectivity index (χ2n) is 9.65. The van der Waals surface area contributed by atoms with Crippen LogP contribution < -0.4 is 10.0 Å². The van der Waals surface area contributed by atoms with E-state index in [4.69, 9.17) is 0 Å². The van der Waals surface area contributed by atoms with Gasteiger partial charge in [0.2, 0.25) is 5.91 Å². The van der Waals surface area contributed by atoms with Crippen molar-refractivity contribution >= 4 is 21.6 Å². The van der Waals surface area contributed by atoms with E-state index in [0.29, 0.717) is 11.6 Å². The third-order valence-electron chi connectivity index (χ3n) is 6.92. The Morgan fingerprint density at radius 2 is 1.50 bits per heavy atom. The Morgan fingerprint density at radius 1 is 0.906 bits per heavy atom. The summed E-state index contributed by atoms with van der Waals surface area (Å²) in [6.45, 7) is 4.15. The van der Waals surface area contributed by atoms with Crippen LogP contribution in [0.3, 0.4) is 0 Å². The lowest BCUT2D eigenvalue weighted by atomic mass is 9.94. The van der Waals surface area contributed by atoms with Crippen LogP contribution in [0.4, 0.5) is 5.69 Å². The van der Waals surface area contributed by atoms with Crippen LogP contribution in [0, 0.1) is 0 Å². The van der Waals surface area contributed by atoms with Gasteiger partial charge in [0, 0.05) is 11.7 Å². The van der Waals surface area contributed by atoms with Gasteiger partial charge in [-0.15, -0.1) is 0 Å². The Hall–Kier alpha value is -2.34. The maximum atomic E-state index is 13.1. The van der Waals surface area contributed by atoms with E-state index < -0.39 is 15.4 Å². The normalized spacial score (nSPS) is 18.7. The van der Waals surface area contributed by atoms with Gasteiger partial charge in [0.1, 0.15) is 0 Å². The number of anilines is 1. The van der Waals surface area contributed by atoms with Gasteiger partial charge in [0.05, 0.1) is 10.3 Å². The van der Waals surface area contributed by atoms with E-state index in [1.165, 1.54) is 25.7 Å². The number of carbonyl (C=O) groups excluding carboxylic acids is 1. The molecule has 172 valence electrons. The zero-order valence-corrected chi connectivity index (χ0v) is 19.9. The van der Waals surface area contributed by atoms with Crippen LogP contribution >= 0.6 is 0 Å². The molecule has 5 nitrogen and oxygen atoms in total. The summed E-state index contributed by atoms with van der Waals surface area (Å²) in [6, 6.07) is 14.6. The second kappa shape index (κ2) is 9.26. The minimum Gasteiger partial charge on any atom is -0.353 e. The topological polar surface area (TPSA) is 75.3 Å². The summed E-state index contributed by atoms with van der Waals surface area (Å²) in [4.78, 5) is 13.3. The van der Waals surface area contributed by atoms with Gasteiger partial charge in [-0.3, -0.25) is 9.52 Å². The van der Waals surface area contributed by atoms with Crippen molar-refractivity contribution in [1.82, 2.24) is 5.32 Å². The number of hydrogen-bond donors (Lipinski definition) is 2. The number of amides is 1. The highest BCUT2D eigenvalue weighted by Crippen LogP contribution is 2.48. The fourth-order valence-corrected chi connectivity index (χ4v) is 5.68. The van der Waals surface area contributed by atoms with Gasteiger partial charge in [-0.25, -0.2) is 8.42 Å². The molecule has 32 heavy (non-hydrogen) atoms. The second-order valence-corrected chi connectivity index (χ2v) is 11.3. The third kappa shape index (κ3) is 5.01. The number of nitrogens with one attached hydrogen (secondary N) is 2. The average molecular weight is 455 g/mol. The highest BCUT2D eigenvalue weighted by Gasteiger charge is 2.51. The molecule has 0 heterocycles. The third-order valence-corrected chi connectivity index (χ3v) is 8.32. The van der Waals surface area contributed by atoms with Crippen molar-refractivity contribution in [3.63, 3.8) is 0 Å². The first-order valence-electron chi connectivity index (χ1n) is 11.8. The molecule has 2 saturated carbocycles.